The van der Waals surface area contributed by atoms with Gasteiger partial charge in [-0.25, -0.2) is 0 Å². The normalized spacial score (nSPS) is 13.9. The maximum Gasteiger partial charge on any atom is 0.269 e. The van der Waals surface area contributed by atoms with Crippen molar-refractivity contribution in [3.05, 3.63) is 75.8 Å². The Hall–Kier alpha value is -2.20. The fraction of sp³-hybridized carbons (Fsp3) is 0.143. The SMILES string of the molecule is CC(O)(c1ccccc1)c1cccc([N+](=O)[O-])c1. The first-order chi connectivity index (χ1) is 8.51. The zero-order valence-electron chi connectivity index (χ0n) is 9.91. The molecule has 0 saturated heterocycles. The van der Waals surface area contributed by atoms with Crippen LogP contribution >= 0.6 is 0 Å². The molecular formula is C14H13NO3. The van der Waals surface area contributed by atoms with Crippen LogP contribution in [0.4, 0.5) is 5.69 Å². The first-order valence-corrected chi connectivity index (χ1v) is 5.54. The zero-order valence-corrected chi connectivity index (χ0v) is 9.91. The van der Waals surface area contributed by atoms with E-state index in [9.17, 15) is 15.2 Å². The Kier molecular flexibility index (Phi) is 3.12. The maximum atomic E-state index is 10.7. The van der Waals surface area contributed by atoms with Gasteiger partial charge in [0.05, 0.1) is 4.92 Å². The highest BCUT2D eigenvalue weighted by molar-refractivity contribution is 5.41. The van der Waals surface area contributed by atoms with Crippen molar-refractivity contribution in [1.29, 1.82) is 0 Å². The van der Waals surface area contributed by atoms with E-state index in [1.165, 1.54) is 12.1 Å². The zero-order chi connectivity index (χ0) is 13.2. The monoisotopic (exact) mass is 243 g/mol. The van der Waals surface area contributed by atoms with Gasteiger partial charge in [0.25, 0.3) is 5.69 Å². The molecule has 0 spiro atoms. The summed E-state index contributed by atoms with van der Waals surface area (Å²) in [4.78, 5) is 10.3. The molecule has 2 aromatic rings. The summed E-state index contributed by atoms with van der Waals surface area (Å²) >= 11 is 0. The summed E-state index contributed by atoms with van der Waals surface area (Å²) in [5.74, 6) is 0. The summed E-state index contributed by atoms with van der Waals surface area (Å²) < 4.78 is 0. The van der Waals surface area contributed by atoms with Crippen LogP contribution in [0.2, 0.25) is 0 Å². The molecule has 0 fully saturated rings. The number of rotatable bonds is 3. The van der Waals surface area contributed by atoms with Crippen LogP contribution in [-0.2, 0) is 5.60 Å². The first kappa shape index (κ1) is 12.3. The molecule has 0 bridgehead atoms. The molecule has 4 heteroatoms. The minimum Gasteiger partial charge on any atom is -0.381 e. The van der Waals surface area contributed by atoms with Crippen molar-refractivity contribution in [3.63, 3.8) is 0 Å². The van der Waals surface area contributed by atoms with Crippen LogP contribution in [0.15, 0.2) is 54.6 Å². The van der Waals surface area contributed by atoms with Crippen LogP contribution in [0.25, 0.3) is 0 Å². The molecule has 0 saturated carbocycles. The molecule has 0 amide bonds. The van der Waals surface area contributed by atoms with Crippen molar-refractivity contribution in [1.82, 2.24) is 0 Å². The van der Waals surface area contributed by atoms with Crippen LogP contribution in [-0.4, -0.2) is 10.0 Å². The molecule has 2 rings (SSSR count). The molecule has 1 unspecified atom stereocenters. The standard InChI is InChI=1S/C14H13NO3/c1-14(16,11-6-3-2-4-7-11)12-8-5-9-13(10-12)15(17)18/h2-10,16H,1H3. The molecule has 2 aromatic carbocycles. The number of nitro groups is 1. The van der Waals surface area contributed by atoms with E-state index in [0.29, 0.717) is 11.1 Å². The summed E-state index contributed by atoms with van der Waals surface area (Å²) in [5, 5.41) is 21.3. The highest BCUT2D eigenvalue weighted by Crippen LogP contribution is 2.30. The Bertz CT molecular complexity index is 564. The minimum absolute atomic E-state index is 0.0243. The number of hydrogen-bond donors (Lipinski definition) is 1. The second-order valence-electron chi connectivity index (χ2n) is 4.25. The average Bonchev–Trinajstić information content (AvgIpc) is 2.40. The van der Waals surface area contributed by atoms with Gasteiger partial charge in [-0.1, -0.05) is 42.5 Å². The van der Waals surface area contributed by atoms with Gasteiger partial charge in [-0.05, 0) is 18.1 Å². The van der Waals surface area contributed by atoms with Crippen molar-refractivity contribution < 1.29 is 10.0 Å². The third-order valence-electron chi connectivity index (χ3n) is 2.95. The summed E-state index contributed by atoms with van der Waals surface area (Å²) in [7, 11) is 0. The highest BCUT2D eigenvalue weighted by atomic mass is 16.6. The Balaban J connectivity index is 2.47. The van der Waals surface area contributed by atoms with Gasteiger partial charge in [-0.3, -0.25) is 10.1 Å². The van der Waals surface area contributed by atoms with Gasteiger partial charge in [0.2, 0.25) is 0 Å². The van der Waals surface area contributed by atoms with Gasteiger partial charge in [-0.15, -0.1) is 0 Å². The van der Waals surface area contributed by atoms with Crippen molar-refractivity contribution in [2.75, 3.05) is 0 Å². The number of nitro benzene ring substituents is 1. The van der Waals surface area contributed by atoms with Crippen LogP contribution in [0, 0.1) is 10.1 Å². The molecule has 1 N–H and O–H groups in total. The predicted molar refractivity (Wildman–Crippen MR) is 68.2 cm³/mol. The van der Waals surface area contributed by atoms with Crippen LogP contribution in [0.1, 0.15) is 18.1 Å². The van der Waals surface area contributed by atoms with Gasteiger partial charge >= 0.3 is 0 Å². The molecule has 0 aliphatic carbocycles. The molecule has 0 heterocycles. The van der Waals surface area contributed by atoms with Gasteiger partial charge < -0.3 is 5.11 Å². The van der Waals surface area contributed by atoms with E-state index in [0.717, 1.165) is 0 Å². The molecule has 0 radical (unpaired) electrons. The molecule has 0 aliphatic heterocycles. The average molecular weight is 243 g/mol. The second kappa shape index (κ2) is 4.58. The van der Waals surface area contributed by atoms with Gasteiger partial charge in [0, 0.05) is 12.1 Å². The highest BCUT2D eigenvalue weighted by Gasteiger charge is 2.26. The summed E-state index contributed by atoms with van der Waals surface area (Å²) in [6, 6.07) is 15.1. The van der Waals surface area contributed by atoms with Crippen molar-refractivity contribution in [3.8, 4) is 0 Å². The Morgan fingerprint density at radius 2 is 1.67 bits per heavy atom. The Morgan fingerprint density at radius 3 is 2.28 bits per heavy atom. The van der Waals surface area contributed by atoms with Crippen LogP contribution in [0.3, 0.4) is 0 Å². The molecule has 92 valence electrons. The predicted octanol–water partition coefficient (Wildman–Crippen LogP) is 2.85. The lowest BCUT2D eigenvalue weighted by atomic mass is 9.88. The van der Waals surface area contributed by atoms with Gasteiger partial charge in [0.15, 0.2) is 0 Å². The molecular weight excluding hydrogens is 230 g/mol. The Labute approximate surface area is 105 Å². The minimum atomic E-state index is -1.24. The summed E-state index contributed by atoms with van der Waals surface area (Å²) in [6.07, 6.45) is 0. The lowest BCUT2D eigenvalue weighted by molar-refractivity contribution is -0.385. The second-order valence-corrected chi connectivity index (χ2v) is 4.25. The molecule has 0 aliphatic rings. The van der Waals surface area contributed by atoms with E-state index in [1.807, 2.05) is 18.2 Å². The Morgan fingerprint density at radius 1 is 1.06 bits per heavy atom. The lowest BCUT2D eigenvalue weighted by Crippen LogP contribution is -2.22. The van der Waals surface area contributed by atoms with Gasteiger partial charge in [-0.2, -0.15) is 0 Å². The third-order valence-corrected chi connectivity index (χ3v) is 2.95. The van der Waals surface area contributed by atoms with Crippen LogP contribution in [0.5, 0.6) is 0 Å². The number of benzene rings is 2. The third kappa shape index (κ3) is 2.24. The van der Waals surface area contributed by atoms with Crippen molar-refractivity contribution in [2.24, 2.45) is 0 Å². The molecule has 0 aromatic heterocycles. The molecule has 18 heavy (non-hydrogen) atoms. The van der Waals surface area contributed by atoms with E-state index >= 15 is 0 Å². The van der Waals surface area contributed by atoms with E-state index in [1.54, 1.807) is 31.2 Å². The van der Waals surface area contributed by atoms with Gasteiger partial charge in [0.1, 0.15) is 5.60 Å². The maximum absolute atomic E-state index is 10.7. The van der Waals surface area contributed by atoms with E-state index in [-0.39, 0.29) is 5.69 Å². The fourth-order valence-corrected chi connectivity index (χ4v) is 1.85. The van der Waals surface area contributed by atoms with E-state index < -0.39 is 10.5 Å². The summed E-state index contributed by atoms with van der Waals surface area (Å²) in [5.41, 5.74) is -0.0649. The number of non-ortho nitro benzene ring substituents is 1. The van der Waals surface area contributed by atoms with E-state index in [2.05, 4.69) is 0 Å². The number of aliphatic hydroxyl groups is 1. The fourth-order valence-electron chi connectivity index (χ4n) is 1.85. The number of nitrogens with zero attached hydrogens (tertiary/aromatic N) is 1. The quantitative estimate of drug-likeness (QED) is 0.666. The molecule has 4 nitrogen and oxygen atoms in total. The smallest absolute Gasteiger partial charge is 0.269 e. The largest absolute Gasteiger partial charge is 0.381 e. The molecule has 1 atom stereocenters. The van der Waals surface area contributed by atoms with Crippen molar-refractivity contribution >= 4 is 5.69 Å². The van der Waals surface area contributed by atoms with Crippen LogP contribution < -0.4 is 0 Å². The lowest BCUT2D eigenvalue weighted by Gasteiger charge is -2.24. The van der Waals surface area contributed by atoms with Crippen molar-refractivity contribution in [2.45, 2.75) is 12.5 Å². The number of hydrogen-bond acceptors (Lipinski definition) is 3. The summed E-state index contributed by atoms with van der Waals surface area (Å²) in [6.45, 7) is 1.63. The topological polar surface area (TPSA) is 63.4 Å². The van der Waals surface area contributed by atoms with E-state index in [4.69, 9.17) is 0 Å². The first-order valence-electron chi connectivity index (χ1n) is 5.54.